The average Bonchev–Trinajstić information content (AvgIpc) is 2.29. The highest BCUT2D eigenvalue weighted by Gasteiger charge is 2.21. The minimum absolute atomic E-state index is 0.0809. The topological polar surface area (TPSA) is 64.6 Å². The number of carbonyl (C=O) groups is 1. The van der Waals surface area contributed by atoms with E-state index in [1.165, 1.54) is 0 Å². The minimum atomic E-state index is -0.176. The molecular weight excluding hydrogens is 230 g/mol. The van der Waals surface area contributed by atoms with E-state index in [0.29, 0.717) is 0 Å². The maximum Gasteiger partial charge on any atom is 0.315 e. The van der Waals surface area contributed by atoms with Crippen LogP contribution >= 0.6 is 0 Å². The van der Waals surface area contributed by atoms with Gasteiger partial charge in [0.05, 0.1) is 6.10 Å². The molecule has 0 heterocycles. The summed E-state index contributed by atoms with van der Waals surface area (Å²) in [7, 11) is 4.06. The zero-order chi connectivity index (χ0) is 13.5. The average molecular weight is 257 g/mol. The maximum atomic E-state index is 11.7. The van der Waals surface area contributed by atoms with E-state index in [1.807, 2.05) is 21.0 Å². The Balaban J connectivity index is 2.16. The molecule has 0 saturated heterocycles. The van der Waals surface area contributed by atoms with Gasteiger partial charge in [-0.1, -0.05) is 0 Å². The summed E-state index contributed by atoms with van der Waals surface area (Å²) >= 11 is 0. The molecule has 1 unspecified atom stereocenters. The summed E-state index contributed by atoms with van der Waals surface area (Å²) in [4.78, 5) is 13.9. The lowest BCUT2D eigenvalue weighted by Gasteiger charge is -2.27. The molecule has 0 spiro atoms. The predicted octanol–water partition coefficient (Wildman–Crippen LogP) is 0.929. The molecule has 1 fully saturated rings. The van der Waals surface area contributed by atoms with Gasteiger partial charge in [-0.15, -0.1) is 0 Å². The highest BCUT2D eigenvalue weighted by Crippen LogP contribution is 2.18. The van der Waals surface area contributed by atoms with Crippen molar-refractivity contribution < 1.29 is 9.90 Å². The zero-order valence-corrected chi connectivity index (χ0v) is 11.8. The Morgan fingerprint density at radius 2 is 1.94 bits per heavy atom. The first kappa shape index (κ1) is 15.2. The molecule has 5 nitrogen and oxygen atoms in total. The fourth-order valence-electron chi connectivity index (χ4n) is 2.20. The minimum Gasteiger partial charge on any atom is -0.393 e. The van der Waals surface area contributed by atoms with Crippen molar-refractivity contribution in [2.75, 3.05) is 20.6 Å². The van der Waals surface area contributed by atoms with Crippen LogP contribution in [0.4, 0.5) is 4.79 Å². The van der Waals surface area contributed by atoms with Crippen molar-refractivity contribution in [2.45, 2.75) is 57.2 Å². The van der Waals surface area contributed by atoms with Gasteiger partial charge in [0.25, 0.3) is 0 Å². The summed E-state index contributed by atoms with van der Waals surface area (Å²) in [6.07, 6.45) is 4.11. The van der Waals surface area contributed by atoms with E-state index in [0.717, 1.165) is 38.6 Å². The van der Waals surface area contributed by atoms with E-state index in [9.17, 15) is 9.90 Å². The molecule has 18 heavy (non-hydrogen) atoms. The van der Waals surface area contributed by atoms with Crippen LogP contribution in [0.25, 0.3) is 0 Å². The van der Waals surface area contributed by atoms with E-state index < -0.39 is 0 Å². The number of nitrogens with zero attached hydrogens (tertiary/aromatic N) is 1. The maximum absolute atomic E-state index is 11.7. The van der Waals surface area contributed by atoms with Crippen molar-refractivity contribution in [3.8, 4) is 0 Å². The molecule has 0 bridgehead atoms. The third-order valence-corrected chi connectivity index (χ3v) is 3.42. The van der Waals surface area contributed by atoms with Crippen LogP contribution < -0.4 is 10.6 Å². The van der Waals surface area contributed by atoms with Crippen LogP contribution in [0.1, 0.15) is 39.0 Å². The summed E-state index contributed by atoms with van der Waals surface area (Å²) in [5.74, 6) is 0. The van der Waals surface area contributed by atoms with Crippen LogP contribution in [0.2, 0.25) is 0 Å². The van der Waals surface area contributed by atoms with E-state index >= 15 is 0 Å². The first-order chi connectivity index (χ1) is 8.47. The number of hydrogen-bond donors (Lipinski definition) is 3. The summed E-state index contributed by atoms with van der Waals surface area (Å²) in [6, 6.07) is 0.318. The molecule has 0 radical (unpaired) electrons. The van der Waals surface area contributed by atoms with E-state index in [-0.39, 0.29) is 24.2 Å². The standard InChI is InChI=1S/C13H27N3O2/c1-10(8-9-16(2)3)14-13(18)15-11-4-6-12(17)7-5-11/h10-12,17H,4-9H2,1-3H3,(H2,14,15,18). The quantitative estimate of drug-likeness (QED) is 0.686. The Morgan fingerprint density at radius 1 is 1.33 bits per heavy atom. The molecule has 2 amide bonds. The zero-order valence-electron chi connectivity index (χ0n) is 11.8. The SMILES string of the molecule is CC(CCN(C)C)NC(=O)NC1CCC(O)CC1. The summed E-state index contributed by atoms with van der Waals surface area (Å²) in [5.41, 5.74) is 0. The Kier molecular flexibility index (Phi) is 6.43. The van der Waals surface area contributed by atoms with Crippen LogP contribution in [-0.4, -0.2) is 54.9 Å². The van der Waals surface area contributed by atoms with Gasteiger partial charge < -0.3 is 20.6 Å². The van der Waals surface area contributed by atoms with Crippen LogP contribution in [0.5, 0.6) is 0 Å². The first-order valence-corrected chi connectivity index (χ1v) is 6.87. The summed E-state index contributed by atoms with van der Waals surface area (Å²) in [5, 5.41) is 15.3. The molecule has 3 N–H and O–H groups in total. The van der Waals surface area contributed by atoms with Gasteiger partial charge in [-0.25, -0.2) is 4.79 Å². The second-order valence-electron chi connectivity index (χ2n) is 5.62. The number of hydrogen-bond acceptors (Lipinski definition) is 3. The van der Waals surface area contributed by atoms with Gasteiger partial charge in [0.2, 0.25) is 0 Å². The van der Waals surface area contributed by atoms with Crippen LogP contribution in [0.3, 0.4) is 0 Å². The van der Waals surface area contributed by atoms with Crippen molar-refractivity contribution in [1.29, 1.82) is 0 Å². The van der Waals surface area contributed by atoms with E-state index in [4.69, 9.17) is 0 Å². The molecule has 106 valence electrons. The summed E-state index contributed by atoms with van der Waals surface area (Å²) in [6.45, 7) is 2.99. The van der Waals surface area contributed by atoms with Crippen molar-refractivity contribution in [3.63, 3.8) is 0 Å². The number of carbonyl (C=O) groups excluding carboxylic acids is 1. The van der Waals surface area contributed by atoms with Crippen LogP contribution in [-0.2, 0) is 0 Å². The smallest absolute Gasteiger partial charge is 0.315 e. The molecule has 1 atom stereocenters. The number of aliphatic hydroxyl groups excluding tert-OH is 1. The van der Waals surface area contributed by atoms with E-state index in [2.05, 4.69) is 15.5 Å². The fraction of sp³-hybridized carbons (Fsp3) is 0.923. The lowest BCUT2D eigenvalue weighted by Crippen LogP contribution is -2.47. The van der Waals surface area contributed by atoms with Gasteiger partial charge in [0.1, 0.15) is 0 Å². The van der Waals surface area contributed by atoms with Gasteiger partial charge >= 0.3 is 6.03 Å². The highest BCUT2D eigenvalue weighted by molar-refractivity contribution is 5.74. The van der Waals surface area contributed by atoms with Gasteiger partial charge in [-0.2, -0.15) is 0 Å². The number of rotatable bonds is 5. The lowest BCUT2D eigenvalue weighted by molar-refractivity contribution is 0.117. The molecule has 1 saturated carbocycles. The number of nitrogens with one attached hydrogen (secondary N) is 2. The number of amides is 2. The molecule has 1 aliphatic carbocycles. The second kappa shape index (κ2) is 7.59. The predicted molar refractivity (Wildman–Crippen MR) is 72.6 cm³/mol. The van der Waals surface area contributed by atoms with Crippen molar-refractivity contribution >= 4 is 6.03 Å². The normalized spacial score (nSPS) is 25.8. The third kappa shape index (κ3) is 6.21. The Hall–Kier alpha value is -0.810. The number of urea groups is 1. The Bertz CT molecular complexity index is 251. The van der Waals surface area contributed by atoms with E-state index in [1.54, 1.807) is 0 Å². The fourth-order valence-corrected chi connectivity index (χ4v) is 2.20. The molecule has 1 rings (SSSR count). The molecule has 0 aliphatic heterocycles. The van der Waals surface area contributed by atoms with Crippen molar-refractivity contribution in [3.05, 3.63) is 0 Å². The molecule has 0 aromatic heterocycles. The van der Waals surface area contributed by atoms with Gasteiger partial charge in [-0.3, -0.25) is 0 Å². The van der Waals surface area contributed by atoms with Crippen LogP contribution in [0.15, 0.2) is 0 Å². The van der Waals surface area contributed by atoms with Crippen molar-refractivity contribution in [1.82, 2.24) is 15.5 Å². The number of aliphatic hydroxyl groups is 1. The second-order valence-corrected chi connectivity index (χ2v) is 5.62. The third-order valence-electron chi connectivity index (χ3n) is 3.42. The van der Waals surface area contributed by atoms with Gasteiger partial charge in [-0.05, 0) is 59.7 Å². The molecule has 5 heteroatoms. The lowest BCUT2D eigenvalue weighted by atomic mass is 9.93. The highest BCUT2D eigenvalue weighted by atomic mass is 16.3. The van der Waals surface area contributed by atoms with Crippen molar-refractivity contribution in [2.24, 2.45) is 0 Å². The molecular formula is C13H27N3O2. The summed E-state index contributed by atoms with van der Waals surface area (Å²) < 4.78 is 0. The van der Waals surface area contributed by atoms with Crippen LogP contribution in [0, 0.1) is 0 Å². The Morgan fingerprint density at radius 3 is 2.50 bits per heavy atom. The molecule has 0 aromatic carbocycles. The van der Waals surface area contributed by atoms with Gasteiger partial charge in [0.15, 0.2) is 0 Å². The Labute approximate surface area is 110 Å². The molecule has 1 aliphatic rings. The monoisotopic (exact) mass is 257 g/mol. The largest absolute Gasteiger partial charge is 0.393 e. The first-order valence-electron chi connectivity index (χ1n) is 6.87. The van der Waals surface area contributed by atoms with Gasteiger partial charge in [0, 0.05) is 12.1 Å². The molecule has 0 aromatic rings.